The molecule has 2 amide bonds. The van der Waals surface area contributed by atoms with E-state index in [-0.39, 0.29) is 18.4 Å². The molecule has 2 aliphatic rings. The Bertz CT molecular complexity index is 963. The van der Waals surface area contributed by atoms with Gasteiger partial charge in [0.25, 0.3) is 5.91 Å². The van der Waals surface area contributed by atoms with E-state index < -0.39 is 5.66 Å². The third kappa shape index (κ3) is 3.62. The molecule has 0 radical (unpaired) electrons. The summed E-state index contributed by atoms with van der Waals surface area (Å²) in [4.78, 5) is 32.6. The van der Waals surface area contributed by atoms with Crippen LogP contribution in [-0.2, 0) is 9.59 Å². The van der Waals surface area contributed by atoms with Gasteiger partial charge in [0.1, 0.15) is 23.7 Å². The largest absolute Gasteiger partial charge is 0.495 e. The fourth-order valence-corrected chi connectivity index (χ4v) is 4.21. The lowest BCUT2D eigenvalue weighted by Crippen LogP contribution is -2.48. The number of nitrogens with zero attached hydrogens (tertiary/aromatic N) is 2. The number of rotatable bonds is 5. The summed E-state index contributed by atoms with van der Waals surface area (Å²) in [5.41, 5.74) is 2.27. The molecule has 6 nitrogen and oxygen atoms in total. The van der Waals surface area contributed by atoms with E-state index in [1.54, 1.807) is 12.0 Å². The topological polar surface area (TPSA) is 71.0 Å². The summed E-state index contributed by atoms with van der Waals surface area (Å²) in [6.07, 6.45) is 3.58. The second kappa shape index (κ2) is 7.70. The number of hydrogen-bond donors (Lipinski definition) is 1. The van der Waals surface area contributed by atoms with Crippen LogP contribution in [0.3, 0.4) is 0 Å². The zero-order chi connectivity index (χ0) is 20.4. The molecule has 0 saturated heterocycles. The molecule has 1 N–H and O–H groups in total. The highest BCUT2D eigenvalue weighted by Gasteiger charge is 2.49. The minimum Gasteiger partial charge on any atom is -0.495 e. The van der Waals surface area contributed by atoms with Gasteiger partial charge in [-0.15, -0.1) is 0 Å². The number of ether oxygens (including phenoxy) is 1. The summed E-state index contributed by atoms with van der Waals surface area (Å²) in [5, 5.41) is 2.90. The van der Waals surface area contributed by atoms with E-state index in [4.69, 9.17) is 9.73 Å². The molecule has 0 aromatic heterocycles. The van der Waals surface area contributed by atoms with E-state index >= 15 is 0 Å². The maximum Gasteiger partial charge on any atom is 0.275 e. The lowest BCUT2D eigenvalue weighted by molar-refractivity contribution is -0.132. The summed E-state index contributed by atoms with van der Waals surface area (Å²) >= 11 is 0. The third-order valence-corrected chi connectivity index (χ3v) is 5.65. The molecule has 29 heavy (non-hydrogen) atoms. The van der Waals surface area contributed by atoms with E-state index in [1.807, 2.05) is 55.5 Å². The maximum atomic E-state index is 13.2. The van der Waals surface area contributed by atoms with E-state index in [0.717, 1.165) is 36.8 Å². The van der Waals surface area contributed by atoms with Gasteiger partial charge in [0.15, 0.2) is 0 Å². The van der Waals surface area contributed by atoms with Crippen LogP contribution in [0.5, 0.6) is 5.75 Å². The molecule has 1 fully saturated rings. The number of aliphatic imine (C=N–C) groups is 1. The average Bonchev–Trinajstić information content (AvgIpc) is 3.30. The van der Waals surface area contributed by atoms with E-state index in [0.29, 0.717) is 17.1 Å². The maximum absolute atomic E-state index is 13.2. The molecule has 6 heteroatoms. The Hall–Kier alpha value is -3.15. The second-order valence-corrected chi connectivity index (χ2v) is 7.66. The van der Waals surface area contributed by atoms with Crippen molar-refractivity contribution in [3.05, 3.63) is 59.7 Å². The fraction of sp³-hybridized carbons (Fsp3) is 0.348. The van der Waals surface area contributed by atoms with Crippen molar-refractivity contribution in [3.63, 3.8) is 0 Å². The first kappa shape index (κ1) is 19.2. The van der Waals surface area contributed by atoms with Crippen LogP contribution >= 0.6 is 0 Å². The summed E-state index contributed by atoms with van der Waals surface area (Å²) in [5.74, 6) is 0.163. The number of hydrogen-bond acceptors (Lipinski definition) is 4. The van der Waals surface area contributed by atoms with Crippen LogP contribution < -0.4 is 10.1 Å². The van der Waals surface area contributed by atoms with Crippen molar-refractivity contribution in [2.45, 2.75) is 38.3 Å². The van der Waals surface area contributed by atoms with Crippen LogP contribution in [-0.4, -0.2) is 41.7 Å². The van der Waals surface area contributed by atoms with Gasteiger partial charge in [0.2, 0.25) is 5.91 Å². The number of methoxy groups -OCH3 is 1. The highest BCUT2D eigenvalue weighted by Crippen LogP contribution is 2.41. The van der Waals surface area contributed by atoms with Gasteiger partial charge in [0, 0.05) is 5.56 Å². The van der Waals surface area contributed by atoms with Gasteiger partial charge in [0.05, 0.1) is 12.8 Å². The number of amides is 2. The van der Waals surface area contributed by atoms with Gasteiger partial charge in [-0.3, -0.25) is 14.6 Å². The molecule has 4 rings (SSSR count). The van der Waals surface area contributed by atoms with Crippen molar-refractivity contribution in [2.75, 3.05) is 19.0 Å². The number of carbonyl (C=O) groups excluding carboxylic acids is 2. The molecular formula is C23H25N3O3. The first-order valence-corrected chi connectivity index (χ1v) is 9.94. The minimum atomic E-state index is -0.601. The molecule has 1 aliphatic carbocycles. The molecule has 1 saturated carbocycles. The fourth-order valence-electron chi connectivity index (χ4n) is 4.21. The lowest BCUT2D eigenvalue weighted by atomic mass is 10.1. The molecule has 1 spiro atoms. The molecule has 1 heterocycles. The molecule has 1 aliphatic heterocycles. The van der Waals surface area contributed by atoms with Crippen LogP contribution in [0, 0.1) is 6.92 Å². The lowest BCUT2D eigenvalue weighted by Gasteiger charge is -2.32. The standard InChI is InChI=1S/C23H25N3O3/c1-16-10-11-19(29-2)18(14-16)24-20(27)15-26-22(28)21(17-8-4-3-5-9-17)25-23(26)12-6-7-13-23/h3-5,8-11,14H,6-7,12-13,15H2,1-2H3,(H,24,27). The van der Waals surface area contributed by atoms with Crippen molar-refractivity contribution in [1.82, 2.24) is 4.90 Å². The number of carbonyl (C=O) groups is 2. The molecule has 150 valence electrons. The summed E-state index contributed by atoms with van der Waals surface area (Å²) in [6.45, 7) is 1.92. The van der Waals surface area contributed by atoms with Gasteiger partial charge in [-0.1, -0.05) is 36.4 Å². The Morgan fingerprint density at radius 2 is 1.90 bits per heavy atom. The second-order valence-electron chi connectivity index (χ2n) is 7.66. The van der Waals surface area contributed by atoms with Gasteiger partial charge < -0.3 is 15.0 Å². The SMILES string of the molecule is COc1ccc(C)cc1NC(=O)CN1C(=O)C(c2ccccc2)=NC12CCCC2. The number of nitrogens with one attached hydrogen (secondary N) is 1. The van der Waals surface area contributed by atoms with E-state index in [2.05, 4.69) is 5.32 Å². The van der Waals surface area contributed by atoms with Crippen LogP contribution in [0.1, 0.15) is 36.8 Å². The Balaban J connectivity index is 1.57. The monoisotopic (exact) mass is 391 g/mol. The Morgan fingerprint density at radius 1 is 1.17 bits per heavy atom. The summed E-state index contributed by atoms with van der Waals surface area (Å²) in [6, 6.07) is 15.1. The van der Waals surface area contributed by atoms with Crippen molar-refractivity contribution in [1.29, 1.82) is 0 Å². The van der Waals surface area contributed by atoms with Gasteiger partial charge in [-0.2, -0.15) is 0 Å². The Morgan fingerprint density at radius 3 is 2.59 bits per heavy atom. The van der Waals surface area contributed by atoms with Crippen molar-refractivity contribution in [3.8, 4) is 5.75 Å². The van der Waals surface area contributed by atoms with Crippen LogP contribution in [0.2, 0.25) is 0 Å². The number of aryl methyl sites for hydroxylation is 1. The zero-order valence-corrected chi connectivity index (χ0v) is 16.8. The molecule has 0 atom stereocenters. The highest BCUT2D eigenvalue weighted by atomic mass is 16.5. The van der Waals surface area contributed by atoms with Gasteiger partial charge in [-0.25, -0.2) is 0 Å². The first-order valence-electron chi connectivity index (χ1n) is 9.94. The Kier molecular flexibility index (Phi) is 5.09. The number of benzene rings is 2. The first-order chi connectivity index (χ1) is 14.0. The van der Waals surface area contributed by atoms with E-state index in [1.165, 1.54) is 0 Å². The van der Waals surface area contributed by atoms with Crippen LogP contribution in [0.4, 0.5) is 5.69 Å². The molecule has 0 bridgehead atoms. The van der Waals surface area contributed by atoms with Gasteiger partial charge in [-0.05, 0) is 50.3 Å². The Labute approximate surface area is 170 Å². The van der Waals surface area contributed by atoms with Crippen molar-refractivity contribution < 1.29 is 14.3 Å². The van der Waals surface area contributed by atoms with Gasteiger partial charge >= 0.3 is 0 Å². The highest BCUT2D eigenvalue weighted by molar-refractivity contribution is 6.47. The summed E-state index contributed by atoms with van der Waals surface area (Å²) in [7, 11) is 1.57. The predicted octanol–water partition coefficient (Wildman–Crippen LogP) is 3.54. The molecule has 0 unspecified atom stereocenters. The summed E-state index contributed by atoms with van der Waals surface area (Å²) < 4.78 is 5.34. The third-order valence-electron chi connectivity index (χ3n) is 5.65. The van der Waals surface area contributed by atoms with Crippen LogP contribution in [0.25, 0.3) is 0 Å². The number of anilines is 1. The molecule has 2 aromatic rings. The molecular weight excluding hydrogens is 366 g/mol. The van der Waals surface area contributed by atoms with Crippen LogP contribution in [0.15, 0.2) is 53.5 Å². The molecule has 2 aromatic carbocycles. The zero-order valence-electron chi connectivity index (χ0n) is 16.8. The predicted molar refractivity (Wildman–Crippen MR) is 112 cm³/mol. The van der Waals surface area contributed by atoms with Crippen molar-refractivity contribution >= 4 is 23.2 Å². The quantitative estimate of drug-likeness (QED) is 0.847. The minimum absolute atomic E-state index is 0.0320. The van der Waals surface area contributed by atoms with E-state index in [9.17, 15) is 9.59 Å². The normalized spacial score (nSPS) is 17.5. The smallest absolute Gasteiger partial charge is 0.275 e. The average molecular weight is 391 g/mol. The van der Waals surface area contributed by atoms with Crippen molar-refractivity contribution in [2.24, 2.45) is 4.99 Å².